The van der Waals surface area contributed by atoms with Crippen LogP contribution in [0.25, 0.3) is 11.0 Å². The summed E-state index contributed by atoms with van der Waals surface area (Å²) >= 11 is 1.38. The Morgan fingerprint density at radius 1 is 1.50 bits per heavy atom. The van der Waals surface area contributed by atoms with Crippen molar-refractivity contribution in [1.82, 2.24) is 9.55 Å². The number of thioether (sulfide) groups is 1. The first-order chi connectivity index (χ1) is 7.72. The maximum Gasteiger partial charge on any atom is 0.227 e. The summed E-state index contributed by atoms with van der Waals surface area (Å²) in [5, 5.41) is 0.850. The van der Waals surface area contributed by atoms with Crippen molar-refractivity contribution >= 4 is 28.7 Å². The Balaban J connectivity index is 2.40. The fourth-order valence-corrected chi connectivity index (χ4v) is 2.42. The summed E-state index contributed by atoms with van der Waals surface area (Å²) in [6.07, 6.45) is 0. The van der Waals surface area contributed by atoms with Crippen molar-refractivity contribution < 1.29 is 4.79 Å². The van der Waals surface area contributed by atoms with E-state index in [1.165, 1.54) is 11.8 Å². The minimum absolute atomic E-state index is 0.267. The summed E-state index contributed by atoms with van der Waals surface area (Å²) in [5.74, 6) is -0.0525. The summed E-state index contributed by atoms with van der Waals surface area (Å²) in [4.78, 5) is 15.2. The number of carbonyl (C=O) groups excluding carboxylic acids is 1. The Hall–Kier alpha value is -1.49. The molecule has 0 unspecified atom stereocenters. The third kappa shape index (κ3) is 2.04. The molecule has 1 aromatic heterocycles. The number of aromatic nitrogens is 2. The van der Waals surface area contributed by atoms with E-state index in [1.807, 2.05) is 24.3 Å². The molecule has 0 aliphatic rings. The Labute approximate surface area is 97.8 Å². The number of primary amides is 1. The molecule has 0 atom stereocenters. The predicted molar refractivity (Wildman–Crippen MR) is 65.3 cm³/mol. The normalized spacial score (nSPS) is 10.8. The molecule has 2 rings (SSSR count). The number of carbonyl (C=O) groups is 1. The summed E-state index contributed by atoms with van der Waals surface area (Å²) in [6.45, 7) is 2.89. The van der Waals surface area contributed by atoms with Gasteiger partial charge in [-0.2, -0.15) is 0 Å². The van der Waals surface area contributed by atoms with E-state index in [2.05, 4.69) is 16.5 Å². The summed E-state index contributed by atoms with van der Waals surface area (Å²) in [7, 11) is 0. The second-order valence-corrected chi connectivity index (χ2v) is 4.32. The lowest BCUT2D eigenvalue weighted by Gasteiger charge is -2.03. The molecule has 0 saturated carbocycles. The molecule has 0 radical (unpaired) electrons. The minimum atomic E-state index is -0.320. The van der Waals surface area contributed by atoms with Crippen LogP contribution < -0.4 is 5.73 Å². The standard InChI is InChI=1S/C11H13N3OS/c1-2-14-9-6-4-3-5-8(9)13-11(14)16-7-10(12)15/h3-6H,2,7H2,1H3,(H2,12,15). The van der Waals surface area contributed by atoms with Gasteiger partial charge in [0.1, 0.15) is 0 Å². The third-order valence-corrected chi connectivity index (χ3v) is 3.28. The van der Waals surface area contributed by atoms with Crippen LogP contribution in [-0.4, -0.2) is 21.2 Å². The highest BCUT2D eigenvalue weighted by molar-refractivity contribution is 7.99. The molecule has 0 aliphatic carbocycles. The van der Waals surface area contributed by atoms with Crippen LogP contribution in [0.3, 0.4) is 0 Å². The van der Waals surface area contributed by atoms with E-state index >= 15 is 0 Å². The monoisotopic (exact) mass is 235 g/mol. The van der Waals surface area contributed by atoms with Crippen LogP contribution in [0.1, 0.15) is 6.92 Å². The zero-order chi connectivity index (χ0) is 11.5. The van der Waals surface area contributed by atoms with E-state index in [9.17, 15) is 4.79 Å². The van der Waals surface area contributed by atoms with Crippen LogP contribution >= 0.6 is 11.8 Å². The lowest BCUT2D eigenvalue weighted by atomic mass is 10.3. The van der Waals surface area contributed by atoms with Crippen LogP contribution in [0.15, 0.2) is 29.4 Å². The van der Waals surface area contributed by atoms with E-state index < -0.39 is 0 Å². The number of para-hydroxylation sites is 2. The number of imidazole rings is 1. The predicted octanol–water partition coefficient (Wildman–Crippen LogP) is 1.63. The van der Waals surface area contributed by atoms with Crippen LogP contribution in [0.5, 0.6) is 0 Å². The van der Waals surface area contributed by atoms with Crippen LogP contribution in [-0.2, 0) is 11.3 Å². The first-order valence-corrected chi connectivity index (χ1v) is 6.07. The highest BCUT2D eigenvalue weighted by Gasteiger charge is 2.09. The molecule has 0 aliphatic heterocycles. The van der Waals surface area contributed by atoms with Gasteiger partial charge in [0.25, 0.3) is 0 Å². The zero-order valence-corrected chi connectivity index (χ0v) is 9.83. The van der Waals surface area contributed by atoms with Crippen LogP contribution in [0.2, 0.25) is 0 Å². The Bertz CT molecular complexity index is 521. The number of rotatable bonds is 4. The summed E-state index contributed by atoms with van der Waals surface area (Å²) in [6, 6.07) is 7.94. The number of hydrogen-bond donors (Lipinski definition) is 1. The van der Waals surface area contributed by atoms with E-state index in [4.69, 9.17) is 5.73 Å². The molecule has 1 amide bonds. The van der Waals surface area contributed by atoms with Crippen molar-refractivity contribution in [1.29, 1.82) is 0 Å². The average Bonchev–Trinajstić information content (AvgIpc) is 2.63. The highest BCUT2D eigenvalue weighted by atomic mass is 32.2. The van der Waals surface area contributed by atoms with Gasteiger partial charge in [0, 0.05) is 6.54 Å². The lowest BCUT2D eigenvalue weighted by molar-refractivity contribution is -0.115. The molecule has 1 heterocycles. The van der Waals surface area contributed by atoms with Gasteiger partial charge < -0.3 is 10.3 Å². The molecule has 2 aromatic rings. The van der Waals surface area contributed by atoms with Crippen molar-refractivity contribution in [2.24, 2.45) is 5.73 Å². The van der Waals surface area contributed by atoms with E-state index in [0.29, 0.717) is 0 Å². The van der Waals surface area contributed by atoms with Gasteiger partial charge in [-0.15, -0.1) is 0 Å². The van der Waals surface area contributed by atoms with Crippen molar-refractivity contribution in [3.05, 3.63) is 24.3 Å². The fourth-order valence-electron chi connectivity index (χ4n) is 1.60. The Kier molecular flexibility index (Phi) is 3.14. The van der Waals surface area contributed by atoms with Gasteiger partial charge in [-0.3, -0.25) is 4.79 Å². The van der Waals surface area contributed by atoms with Gasteiger partial charge in [-0.25, -0.2) is 4.98 Å². The van der Waals surface area contributed by atoms with Gasteiger partial charge in [-0.05, 0) is 19.1 Å². The molecule has 2 N–H and O–H groups in total. The van der Waals surface area contributed by atoms with E-state index in [1.54, 1.807) is 0 Å². The van der Waals surface area contributed by atoms with Crippen molar-refractivity contribution in [3.63, 3.8) is 0 Å². The number of nitrogens with zero attached hydrogens (tertiary/aromatic N) is 2. The Morgan fingerprint density at radius 2 is 2.25 bits per heavy atom. The van der Waals surface area contributed by atoms with Crippen molar-refractivity contribution in [2.75, 3.05) is 5.75 Å². The number of nitrogens with two attached hydrogens (primary N) is 1. The average molecular weight is 235 g/mol. The van der Waals surface area contributed by atoms with Crippen LogP contribution in [0.4, 0.5) is 0 Å². The first-order valence-electron chi connectivity index (χ1n) is 5.08. The molecular weight excluding hydrogens is 222 g/mol. The summed E-state index contributed by atoms with van der Waals surface area (Å²) in [5.41, 5.74) is 7.18. The molecule has 4 nitrogen and oxygen atoms in total. The highest BCUT2D eigenvalue weighted by Crippen LogP contribution is 2.23. The second kappa shape index (κ2) is 4.57. The maximum absolute atomic E-state index is 10.8. The number of hydrogen-bond acceptors (Lipinski definition) is 3. The lowest BCUT2D eigenvalue weighted by Crippen LogP contribution is -2.13. The zero-order valence-electron chi connectivity index (χ0n) is 9.01. The second-order valence-electron chi connectivity index (χ2n) is 3.38. The van der Waals surface area contributed by atoms with Gasteiger partial charge in [-0.1, -0.05) is 23.9 Å². The maximum atomic E-state index is 10.8. The molecule has 16 heavy (non-hydrogen) atoms. The van der Waals surface area contributed by atoms with Crippen molar-refractivity contribution in [3.8, 4) is 0 Å². The SMILES string of the molecule is CCn1c(SCC(N)=O)nc2ccccc21. The number of aryl methyl sites for hydroxylation is 1. The van der Waals surface area contributed by atoms with Crippen LogP contribution in [0, 0.1) is 0 Å². The fraction of sp³-hybridized carbons (Fsp3) is 0.273. The van der Waals surface area contributed by atoms with Gasteiger partial charge in [0.15, 0.2) is 5.16 Å². The van der Waals surface area contributed by atoms with E-state index in [0.717, 1.165) is 22.7 Å². The van der Waals surface area contributed by atoms with Gasteiger partial charge >= 0.3 is 0 Å². The summed E-state index contributed by atoms with van der Waals surface area (Å²) < 4.78 is 2.09. The molecule has 5 heteroatoms. The number of benzene rings is 1. The molecular formula is C11H13N3OS. The largest absolute Gasteiger partial charge is 0.369 e. The number of fused-ring (bicyclic) bond motifs is 1. The molecule has 0 fully saturated rings. The van der Waals surface area contributed by atoms with E-state index in [-0.39, 0.29) is 11.7 Å². The van der Waals surface area contributed by atoms with Gasteiger partial charge in [0.05, 0.1) is 16.8 Å². The van der Waals surface area contributed by atoms with Gasteiger partial charge in [0.2, 0.25) is 5.91 Å². The molecule has 0 spiro atoms. The third-order valence-electron chi connectivity index (χ3n) is 2.28. The smallest absolute Gasteiger partial charge is 0.227 e. The molecule has 0 bridgehead atoms. The Morgan fingerprint density at radius 3 is 2.94 bits per heavy atom. The quantitative estimate of drug-likeness (QED) is 0.819. The molecule has 0 saturated heterocycles. The topological polar surface area (TPSA) is 60.9 Å². The molecule has 1 aromatic carbocycles. The number of amides is 1. The first kappa shape index (κ1) is 11.0. The molecule has 84 valence electrons. The van der Waals surface area contributed by atoms with Crippen molar-refractivity contribution in [2.45, 2.75) is 18.6 Å². The minimum Gasteiger partial charge on any atom is -0.369 e.